The van der Waals surface area contributed by atoms with E-state index in [-0.39, 0.29) is 24.2 Å². The van der Waals surface area contributed by atoms with Gasteiger partial charge in [0.1, 0.15) is 23.5 Å². The van der Waals surface area contributed by atoms with Gasteiger partial charge in [-0.15, -0.1) is 10.2 Å². The lowest BCUT2D eigenvalue weighted by atomic mass is 10.1. The summed E-state index contributed by atoms with van der Waals surface area (Å²) in [5.41, 5.74) is 3.11. The van der Waals surface area contributed by atoms with Gasteiger partial charge >= 0.3 is 0 Å². The first-order chi connectivity index (χ1) is 15.8. The second-order valence-electron chi connectivity index (χ2n) is 9.29. The van der Waals surface area contributed by atoms with E-state index in [1.807, 2.05) is 37.3 Å². The van der Waals surface area contributed by atoms with Gasteiger partial charge in [-0.25, -0.2) is 0 Å². The Kier molecular flexibility index (Phi) is 6.12. The number of nitrogens with zero attached hydrogens (tertiary/aromatic N) is 4. The van der Waals surface area contributed by atoms with Crippen molar-refractivity contribution in [2.24, 2.45) is 0 Å². The number of likely N-dealkylation sites (tertiary alicyclic amines) is 1. The quantitative estimate of drug-likeness (QED) is 0.542. The molecule has 2 aromatic carbocycles. The Bertz CT molecular complexity index is 1160. The van der Waals surface area contributed by atoms with Gasteiger partial charge in [0.2, 0.25) is 0 Å². The summed E-state index contributed by atoms with van der Waals surface area (Å²) in [6.07, 6.45) is 1.04. The Morgan fingerprint density at radius 2 is 1.88 bits per heavy atom. The van der Waals surface area contributed by atoms with Gasteiger partial charge in [-0.2, -0.15) is 0 Å². The minimum absolute atomic E-state index is 0.0976. The van der Waals surface area contributed by atoms with Crippen molar-refractivity contribution in [2.75, 3.05) is 13.1 Å². The van der Waals surface area contributed by atoms with Crippen LogP contribution in [0.3, 0.4) is 0 Å². The SMILES string of the molecule is Cc1nnc(C(C)C)n1-c1ccc(O[C@H]2c3cc(Cl)cc(Cl)c3C[C@@H]2N2CCC(O)C2)cc1. The molecule has 33 heavy (non-hydrogen) atoms. The highest BCUT2D eigenvalue weighted by Gasteiger charge is 2.41. The van der Waals surface area contributed by atoms with E-state index in [1.54, 1.807) is 6.07 Å². The molecular weight excluding hydrogens is 459 g/mol. The Labute approximate surface area is 204 Å². The zero-order valence-corrected chi connectivity index (χ0v) is 20.5. The number of aryl methyl sites for hydroxylation is 1. The molecule has 0 saturated carbocycles. The number of hydrogen-bond donors (Lipinski definition) is 1. The summed E-state index contributed by atoms with van der Waals surface area (Å²) >= 11 is 12.9. The number of aromatic nitrogens is 3. The second-order valence-corrected chi connectivity index (χ2v) is 10.1. The maximum Gasteiger partial charge on any atom is 0.140 e. The first-order valence-electron chi connectivity index (χ1n) is 11.4. The standard InChI is InChI=1S/C25H28Cl2N4O2/c1-14(2)25-29-28-15(3)31(25)17-4-6-19(7-5-17)33-24-21-10-16(26)11-22(27)20(21)12-23(24)30-9-8-18(32)13-30/h4-7,10-11,14,18,23-24,32H,8-9,12-13H2,1-3H3/t18?,23-,24-/m0/s1. The highest BCUT2D eigenvalue weighted by atomic mass is 35.5. The molecule has 0 bridgehead atoms. The van der Waals surface area contributed by atoms with Crippen LogP contribution >= 0.6 is 23.2 Å². The number of benzene rings is 2. The fourth-order valence-corrected chi connectivity index (χ4v) is 5.63. The number of aliphatic hydroxyl groups excluding tert-OH is 1. The van der Waals surface area contributed by atoms with Crippen LogP contribution in [-0.4, -0.2) is 50.0 Å². The molecule has 0 radical (unpaired) electrons. The van der Waals surface area contributed by atoms with Gasteiger partial charge < -0.3 is 9.84 Å². The topological polar surface area (TPSA) is 63.4 Å². The lowest BCUT2D eigenvalue weighted by Gasteiger charge is -2.30. The molecule has 1 unspecified atom stereocenters. The second kappa shape index (κ2) is 8.91. The van der Waals surface area contributed by atoms with Crippen LogP contribution in [0.4, 0.5) is 0 Å². The Morgan fingerprint density at radius 3 is 2.55 bits per heavy atom. The van der Waals surface area contributed by atoms with Crippen LogP contribution < -0.4 is 4.74 Å². The summed E-state index contributed by atoms with van der Waals surface area (Å²) in [4.78, 5) is 2.31. The third-order valence-corrected chi connectivity index (χ3v) is 7.21. The predicted octanol–water partition coefficient (Wildman–Crippen LogP) is 5.12. The zero-order valence-electron chi connectivity index (χ0n) is 19.0. The van der Waals surface area contributed by atoms with Gasteiger partial charge in [-0.1, -0.05) is 37.0 Å². The van der Waals surface area contributed by atoms with E-state index in [0.717, 1.165) is 53.6 Å². The van der Waals surface area contributed by atoms with E-state index in [4.69, 9.17) is 27.9 Å². The number of aliphatic hydroxyl groups is 1. The number of hydrogen-bond acceptors (Lipinski definition) is 5. The van der Waals surface area contributed by atoms with Crippen LogP contribution in [0.1, 0.15) is 55.1 Å². The van der Waals surface area contributed by atoms with Gasteiger partial charge in [0.25, 0.3) is 0 Å². The highest BCUT2D eigenvalue weighted by Crippen LogP contribution is 2.43. The Balaban J connectivity index is 1.45. The number of fused-ring (bicyclic) bond motifs is 1. The van der Waals surface area contributed by atoms with Gasteiger partial charge in [0.15, 0.2) is 0 Å². The molecule has 1 N–H and O–H groups in total. The Hall–Kier alpha value is -2.12. The highest BCUT2D eigenvalue weighted by molar-refractivity contribution is 6.35. The fourth-order valence-electron chi connectivity index (χ4n) is 5.04. The number of ether oxygens (including phenoxy) is 1. The van der Waals surface area contributed by atoms with Crippen molar-refractivity contribution >= 4 is 23.2 Å². The summed E-state index contributed by atoms with van der Waals surface area (Å²) in [5.74, 6) is 2.83. The third-order valence-electron chi connectivity index (χ3n) is 6.65. The van der Waals surface area contributed by atoms with Crippen molar-refractivity contribution in [1.29, 1.82) is 0 Å². The van der Waals surface area contributed by atoms with E-state index >= 15 is 0 Å². The molecule has 174 valence electrons. The van der Waals surface area contributed by atoms with Crippen molar-refractivity contribution in [3.05, 3.63) is 69.2 Å². The fraction of sp³-hybridized carbons (Fsp3) is 0.440. The lowest BCUT2D eigenvalue weighted by Crippen LogP contribution is -2.39. The first kappa shape index (κ1) is 22.7. The first-order valence-corrected chi connectivity index (χ1v) is 12.2. The van der Waals surface area contributed by atoms with Gasteiger partial charge in [-0.05, 0) is 61.7 Å². The average Bonchev–Trinajstić information content (AvgIpc) is 3.46. The summed E-state index contributed by atoms with van der Waals surface area (Å²) in [7, 11) is 0. The molecule has 5 rings (SSSR count). The molecule has 6 nitrogen and oxygen atoms in total. The molecule has 1 saturated heterocycles. The van der Waals surface area contributed by atoms with E-state index in [2.05, 4.69) is 33.5 Å². The van der Waals surface area contributed by atoms with Crippen molar-refractivity contribution < 1.29 is 9.84 Å². The monoisotopic (exact) mass is 486 g/mol. The van der Waals surface area contributed by atoms with Gasteiger partial charge in [0.05, 0.1) is 12.1 Å². The molecule has 1 fully saturated rings. The van der Waals surface area contributed by atoms with E-state index in [1.165, 1.54) is 0 Å². The van der Waals surface area contributed by atoms with Gasteiger partial charge in [0, 0.05) is 40.3 Å². The molecule has 2 heterocycles. The van der Waals surface area contributed by atoms with Crippen molar-refractivity contribution in [1.82, 2.24) is 19.7 Å². The van der Waals surface area contributed by atoms with Crippen LogP contribution in [0.5, 0.6) is 5.75 Å². The summed E-state index contributed by atoms with van der Waals surface area (Å²) in [5, 5.41) is 20.0. The molecule has 1 aliphatic carbocycles. The molecule has 3 aromatic rings. The molecule has 0 spiro atoms. The summed E-state index contributed by atoms with van der Waals surface area (Å²) in [6.45, 7) is 7.67. The lowest BCUT2D eigenvalue weighted by molar-refractivity contribution is 0.0818. The van der Waals surface area contributed by atoms with E-state index < -0.39 is 0 Å². The number of β-amino-alcohol motifs (C(OH)–C–C–N with tert-alkyl or cyclic N) is 1. The molecule has 1 aliphatic heterocycles. The van der Waals surface area contributed by atoms with Crippen LogP contribution in [-0.2, 0) is 6.42 Å². The summed E-state index contributed by atoms with van der Waals surface area (Å²) in [6, 6.07) is 11.9. The third kappa shape index (κ3) is 4.26. The van der Waals surface area contributed by atoms with Crippen LogP contribution in [0, 0.1) is 6.92 Å². The molecule has 3 atom stereocenters. The van der Waals surface area contributed by atoms with Crippen molar-refractivity contribution in [2.45, 2.75) is 57.8 Å². The number of rotatable bonds is 5. The average molecular weight is 487 g/mol. The summed E-state index contributed by atoms with van der Waals surface area (Å²) < 4.78 is 8.65. The number of halogens is 2. The predicted molar refractivity (Wildman–Crippen MR) is 130 cm³/mol. The Morgan fingerprint density at radius 1 is 1.12 bits per heavy atom. The smallest absolute Gasteiger partial charge is 0.140 e. The van der Waals surface area contributed by atoms with Gasteiger partial charge in [-0.3, -0.25) is 9.47 Å². The minimum atomic E-state index is -0.296. The largest absolute Gasteiger partial charge is 0.484 e. The van der Waals surface area contributed by atoms with Crippen LogP contribution in [0.25, 0.3) is 5.69 Å². The van der Waals surface area contributed by atoms with Crippen molar-refractivity contribution in [3.63, 3.8) is 0 Å². The molecular formula is C25H28Cl2N4O2. The molecule has 2 aliphatic rings. The molecule has 0 amide bonds. The van der Waals surface area contributed by atoms with E-state index in [0.29, 0.717) is 16.6 Å². The van der Waals surface area contributed by atoms with Crippen LogP contribution in [0.2, 0.25) is 10.0 Å². The zero-order chi connectivity index (χ0) is 23.3. The van der Waals surface area contributed by atoms with Crippen molar-refractivity contribution in [3.8, 4) is 11.4 Å². The molecule has 1 aromatic heterocycles. The maximum atomic E-state index is 10.1. The van der Waals surface area contributed by atoms with E-state index in [9.17, 15) is 5.11 Å². The maximum absolute atomic E-state index is 10.1. The minimum Gasteiger partial charge on any atom is -0.484 e. The molecule has 8 heteroatoms. The van der Waals surface area contributed by atoms with Crippen LogP contribution in [0.15, 0.2) is 36.4 Å². The normalized spacial score (nSPS) is 22.8.